The van der Waals surface area contributed by atoms with Crippen LogP contribution in [0.15, 0.2) is 0 Å². The molecule has 0 heterocycles. The first-order valence-corrected chi connectivity index (χ1v) is 20.1. The molecule has 0 aliphatic heterocycles. The van der Waals surface area contributed by atoms with E-state index in [2.05, 4.69) is 27.7 Å². The summed E-state index contributed by atoms with van der Waals surface area (Å²) in [7, 11) is 0. The summed E-state index contributed by atoms with van der Waals surface area (Å²) >= 11 is 0. The van der Waals surface area contributed by atoms with E-state index in [0.717, 1.165) is 0 Å². The summed E-state index contributed by atoms with van der Waals surface area (Å²) in [6, 6.07) is 0. The lowest BCUT2D eigenvalue weighted by Gasteiger charge is -2.37. The summed E-state index contributed by atoms with van der Waals surface area (Å²) in [5.74, 6) is 0. The molecule has 0 radical (unpaired) electrons. The zero-order chi connectivity index (χ0) is 30.0. The van der Waals surface area contributed by atoms with Gasteiger partial charge in [-0.3, -0.25) is 0 Å². The molecule has 256 valence electrons. The van der Waals surface area contributed by atoms with E-state index in [9.17, 15) is 0 Å². The van der Waals surface area contributed by atoms with Crippen LogP contribution in [0.5, 0.6) is 0 Å². The number of hydrogen-bond acceptors (Lipinski definition) is 1. The lowest BCUT2D eigenvalue weighted by molar-refractivity contribution is -0.925. The van der Waals surface area contributed by atoms with E-state index >= 15 is 0 Å². The number of rotatable bonds is 36. The molecule has 0 aromatic heterocycles. The van der Waals surface area contributed by atoms with Gasteiger partial charge in [0.1, 0.15) is 0 Å². The van der Waals surface area contributed by atoms with Gasteiger partial charge in [0.15, 0.2) is 0 Å². The fourth-order valence-corrected chi connectivity index (χ4v) is 6.96. The Morgan fingerprint density at radius 1 is 0.238 bits per heavy atom. The van der Waals surface area contributed by atoms with Gasteiger partial charge in [-0.25, -0.2) is 0 Å². The molecule has 0 bridgehead atoms. The molecule has 0 aliphatic carbocycles. The quantitative estimate of drug-likeness (QED) is 0.0523. The third kappa shape index (κ3) is 31.3. The van der Waals surface area contributed by atoms with Crippen molar-refractivity contribution in [2.24, 2.45) is 0 Å². The van der Waals surface area contributed by atoms with E-state index in [1.54, 1.807) is 0 Å². The predicted molar refractivity (Wildman–Crippen MR) is 192 cm³/mol. The Labute approximate surface area is 268 Å². The minimum absolute atomic E-state index is 0. The van der Waals surface area contributed by atoms with Crippen molar-refractivity contribution in [3.8, 4) is 0 Å². The van der Waals surface area contributed by atoms with E-state index in [-0.39, 0.29) is 5.48 Å². The normalized spacial score (nSPS) is 11.7. The van der Waals surface area contributed by atoms with E-state index in [1.807, 2.05) is 0 Å². The van der Waals surface area contributed by atoms with Crippen molar-refractivity contribution in [3.63, 3.8) is 0 Å². The van der Waals surface area contributed by atoms with Gasteiger partial charge in [-0.05, 0) is 39.5 Å². The summed E-state index contributed by atoms with van der Waals surface area (Å²) in [6.07, 6.45) is 47.0. The largest absolute Gasteiger partial charge is 0.870 e. The second-order valence-corrected chi connectivity index (χ2v) is 14.0. The Morgan fingerprint density at radius 3 is 0.571 bits per heavy atom. The Morgan fingerprint density at radius 2 is 0.405 bits per heavy atom. The van der Waals surface area contributed by atoms with Gasteiger partial charge >= 0.3 is 0 Å². The lowest BCUT2D eigenvalue weighted by atomic mass is 10.0. The van der Waals surface area contributed by atoms with E-state index < -0.39 is 0 Å². The van der Waals surface area contributed by atoms with Crippen LogP contribution in [0, 0.1) is 0 Å². The zero-order valence-electron chi connectivity index (χ0n) is 30.4. The number of quaternary nitrogens is 1. The van der Waals surface area contributed by atoms with E-state index in [1.165, 1.54) is 236 Å². The molecule has 0 aromatic rings. The molecule has 0 spiro atoms. The Kier molecular flexibility index (Phi) is 38.9. The van der Waals surface area contributed by atoms with Crippen LogP contribution in [0.1, 0.15) is 233 Å². The molecule has 0 unspecified atom stereocenters. The standard InChI is InChI=1S/C40H84N.H2O/c1-5-9-11-13-15-17-19-21-23-25-27-29-31-33-35-37-39-41(7-3,8-4)40-38-36-34-32-30-28-26-24-22-20-18-16-14-12-10-6-2;/h5-40H2,1-4H3;1H2/q+1;/p-1. The third-order valence-electron chi connectivity index (χ3n) is 10.3. The van der Waals surface area contributed by atoms with Crippen molar-refractivity contribution in [3.05, 3.63) is 0 Å². The van der Waals surface area contributed by atoms with Crippen LogP contribution in [0.2, 0.25) is 0 Å². The number of unbranched alkanes of at least 4 members (excludes halogenated alkanes) is 30. The van der Waals surface area contributed by atoms with Gasteiger partial charge in [0.25, 0.3) is 0 Å². The second-order valence-electron chi connectivity index (χ2n) is 14.0. The molecular weight excluding hydrogens is 510 g/mol. The SMILES string of the molecule is CCCCCCCCCCCCCCCCCC[N+](CC)(CC)CCCCCCCCCCCCCCCCCC.[OH-]. The molecule has 0 saturated heterocycles. The maximum Gasteiger partial charge on any atom is 0.0786 e. The first-order chi connectivity index (χ1) is 20.2. The summed E-state index contributed by atoms with van der Waals surface area (Å²) in [5, 5.41) is 0. The van der Waals surface area contributed by atoms with Crippen LogP contribution < -0.4 is 0 Å². The van der Waals surface area contributed by atoms with Crippen molar-refractivity contribution in [2.75, 3.05) is 26.2 Å². The number of hydrogen-bond donors (Lipinski definition) is 0. The topological polar surface area (TPSA) is 30.0 Å². The molecular formula is C40H85NO. The van der Waals surface area contributed by atoms with Crippen LogP contribution in [0.25, 0.3) is 0 Å². The summed E-state index contributed by atoms with van der Waals surface area (Å²) < 4.78 is 1.39. The average molecular weight is 596 g/mol. The zero-order valence-corrected chi connectivity index (χ0v) is 30.4. The maximum atomic E-state index is 2.45. The van der Waals surface area contributed by atoms with Crippen LogP contribution in [-0.4, -0.2) is 36.1 Å². The van der Waals surface area contributed by atoms with Crippen molar-refractivity contribution in [2.45, 2.75) is 233 Å². The molecule has 0 saturated carbocycles. The van der Waals surface area contributed by atoms with Crippen LogP contribution >= 0.6 is 0 Å². The Balaban J connectivity index is 0. The van der Waals surface area contributed by atoms with Gasteiger partial charge in [0.2, 0.25) is 0 Å². The summed E-state index contributed by atoms with van der Waals surface area (Å²) in [5.41, 5.74) is 0. The summed E-state index contributed by atoms with van der Waals surface area (Å²) in [6.45, 7) is 15.1. The van der Waals surface area contributed by atoms with Crippen LogP contribution in [0.4, 0.5) is 0 Å². The van der Waals surface area contributed by atoms with E-state index in [4.69, 9.17) is 0 Å². The van der Waals surface area contributed by atoms with Crippen LogP contribution in [0.3, 0.4) is 0 Å². The molecule has 0 rings (SSSR count). The van der Waals surface area contributed by atoms with Gasteiger partial charge in [-0.15, -0.1) is 0 Å². The molecule has 0 fully saturated rings. The fraction of sp³-hybridized carbons (Fsp3) is 1.00. The smallest absolute Gasteiger partial charge is 0.0786 e. The van der Waals surface area contributed by atoms with Gasteiger partial charge in [-0.1, -0.05) is 194 Å². The molecule has 0 aromatic carbocycles. The highest BCUT2D eigenvalue weighted by atomic mass is 16.0. The molecule has 1 N–H and O–H groups in total. The molecule has 0 aliphatic rings. The Hall–Kier alpha value is -0.0800. The fourth-order valence-electron chi connectivity index (χ4n) is 6.96. The first kappa shape index (κ1) is 44.0. The number of nitrogens with zero attached hydrogens (tertiary/aromatic N) is 1. The van der Waals surface area contributed by atoms with Crippen molar-refractivity contribution in [1.29, 1.82) is 0 Å². The van der Waals surface area contributed by atoms with Crippen molar-refractivity contribution < 1.29 is 9.96 Å². The second kappa shape index (κ2) is 37.1. The highest BCUT2D eigenvalue weighted by molar-refractivity contribution is 4.53. The van der Waals surface area contributed by atoms with Gasteiger partial charge in [0.05, 0.1) is 26.2 Å². The van der Waals surface area contributed by atoms with E-state index in [0.29, 0.717) is 0 Å². The molecule has 0 amide bonds. The van der Waals surface area contributed by atoms with Crippen molar-refractivity contribution >= 4 is 0 Å². The molecule has 42 heavy (non-hydrogen) atoms. The molecule has 2 heteroatoms. The predicted octanol–water partition coefficient (Wildman–Crippen LogP) is 14.2. The minimum atomic E-state index is 0. The van der Waals surface area contributed by atoms with Gasteiger partial charge < -0.3 is 9.96 Å². The Bertz CT molecular complexity index is 423. The first-order valence-electron chi connectivity index (χ1n) is 20.1. The lowest BCUT2D eigenvalue weighted by Crippen LogP contribution is -2.49. The highest BCUT2D eigenvalue weighted by Crippen LogP contribution is 2.18. The van der Waals surface area contributed by atoms with Gasteiger partial charge in [0, 0.05) is 0 Å². The van der Waals surface area contributed by atoms with Crippen molar-refractivity contribution in [1.82, 2.24) is 0 Å². The maximum absolute atomic E-state index is 2.45. The van der Waals surface area contributed by atoms with Gasteiger partial charge in [-0.2, -0.15) is 0 Å². The molecule has 2 nitrogen and oxygen atoms in total. The minimum Gasteiger partial charge on any atom is -0.870 e. The highest BCUT2D eigenvalue weighted by Gasteiger charge is 2.21. The average Bonchev–Trinajstić information content (AvgIpc) is 2.99. The van der Waals surface area contributed by atoms with Crippen LogP contribution in [-0.2, 0) is 0 Å². The summed E-state index contributed by atoms with van der Waals surface area (Å²) in [4.78, 5) is 0. The third-order valence-corrected chi connectivity index (χ3v) is 10.3. The monoisotopic (exact) mass is 596 g/mol. The molecule has 0 atom stereocenters.